The van der Waals surface area contributed by atoms with Gasteiger partial charge < -0.3 is 5.32 Å². The molecule has 0 aliphatic carbocycles. The van der Waals surface area contributed by atoms with Crippen LogP contribution in [0.5, 0.6) is 0 Å². The molecule has 0 aromatic heterocycles. The number of carbonyl (C=O) groups is 1. The van der Waals surface area contributed by atoms with Crippen molar-refractivity contribution in [1.29, 1.82) is 0 Å². The molecule has 0 spiro atoms. The number of carbonyl (C=O) groups excluding carboxylic acids is 1. The predicted molar refractivity (Wildman–Crippen MR) is 75.1 cm³/mol. The van der Waals surface area contributed by atoms with Gasteiger partial charge in [-0.1, -0.05) is 25.1 Å². The summed E-state index contributed by atoms with van der Waals surface area (Å²) < 4.78 is 0. The van der Waals surface area contributed by atoms with Crippen molar-refractivity contribution >= 4 is 5.78 Å². The third-order valence-electron chi connectivity index (χ3n) is 4.57. The van der Waals surface area contributed by atoms with Crippen molar-refractivity contribution in [3.05, 3.63) is 34.9 Å². The minimum absolute atomic E-state index is 0.135. The lowest BCUT2D eigenvalue weighted by atomic mass is 9.70. The Morgan fingerprint density at radius 1 is 1.28 bits per heavy atom. The molecule has 1 saturated heterocycles. The number of aryl methyl sites for hydroxylation is 1. The molecule has 0 bridgehead atoms. The summed E-state index contributed by atoms with van der Waals surface area (Å²) in [6, 6.07) is 6.07. The molecule has 2 heteroatoms. The van der Waals surface area contributed by atoms with Gasteiger partial charge in [0.15, 0.2) is 5.78 Å². The molecule has 0 atom stereocenters. The van der Waals surface area contributed by atoms with Crippen molar-refractivity contribution in [2.45, 2.75) is 40.0 Å². The van der Waals surface area contributed by atoms with Crippen molar-refractivity contribution in [3.8, 4) is 0 Å². The maximum atomic E-state index is 12.9. The zero-order chi connectivity index (χ0) is 13.2. The van der Waals surface area contributed by atoms with E-state index in [-0.39, 0.29) is 5.41 Å². The van der Waals surface area contributed by atoms with Gasteiger partial charge in [-0.05, 0) is 57.3 Å². The van der Waals surface area contributed by atoms with E-state index in [1.165, 1.54) is 5.56 Å². The number of benzene rings is 1. The fourth-order valence-electron chi connectivity index (χ4n) is 2.93. The van der Waals surface area contributed by atoms with Gasteiger partial charge in [-0.25, -0.2) is 0 Å². The maximum Gasteiger partial charge on any atom is 0.169 e. The van der Waals surface area contributed by atoms with Gasteiger partial charge in [0.1, 0.15) is 0 Å². The summed E-state index contributed by atoms with van der Waals surface area (Å²) in [5, 5.41) is 3.35. The van der Waals surface area contributed by atoms with E-state index >= 15 is 0 Å². The highest BCUT2D eigenvalue weighted by Crippen LogP contribution is 2.37. The summed E-state index contributed by atoms with van der Waals surface area (Å²) in [6.07, 6.45) is 2.88. The first kappa shape index (κ1) is 13.3. The molecule has 1 aliphatic rings. The Balaban J connectivity index is 2.37. The summed E-state index contributed by atoms with van der Waals surface area (Å²) in [4.78, 5) is 12.9. The summed E-state index contributed by atoms with van der Waals surface area (Å²) >= 11 is 0. The highest BCUT2D eigenvalue weighted by molar-refractivity contribution is 6.02. The lowest BCUT2D eigenvalue weighted by molar-refractivity contribution is 0.0717. The van der Waals surface area contributed by atoms with E-state index in [2.05, 4.69) is 32.2 Å². The van der Waals surface area contributed by atoms with Gasteiger partial charge in [-0.2, -0.15) is 0 Å². The fraction of sp³-hybridized carbons (Fsp3) is 0.562. The number of ketones is 1. The van der Waals surface area contributed by atoms with Crippen LogP contribution in [0.15, 0.2) is 18.2 Å². The van der Waals surface area contributed by atoms with Gasteiger partial charge in [0.2, 0.25) is 0 Å². The Labute approximate surface area is 110 Å². The van der Waals surface area contributed by atoms with E-state index in [1.54, 1.807) is 0 Å². The van der Waals surface area contributed by atoms with Gasteiger partial charge in [-0.3, -0.25) is 4.79 Å². The van der Waals surface area contributed by atoms with Crippen LogP contribution < -0.4 is 5.32 Å². The smallest absolute Gasteiger partial charge is 0.169 e. The average molecular weight is 245 g/mol. The van der Waals surface area contributed by atoms with Crippen LogP contribution in [0.2, 0.25) is 0 Å². The Morgan fingerprint density at radius 3 is 2.56 bits per heavy atom. The molecule has 98 valence electrons. The topological polar surface area (TPSA) is 29.1 Å². The molecule has 18 heavy (non-hydrogen) atoms. The van der Waals surface area contributed by atoms with Gasteiger partial charge in [-0.15, -0.1) is 0 Å². The molecular formula is C16H23NO. The fourth-order valence-corrected chi connectivity index (χ4v) is 2.93. The predicted octanol–water partition coefficient (Wildman–Crippen LogP) is 3.27. The van der Waals surface area contributed by atoms with E-state index in [0.717, 1.165) is 43.5 Å². The van der Waals surface area contributed by atoms with Crippen LogP contribution in [0.1, 0.15) is 47.7 Å². The Bertz CT molecular complexity index is 444. The molecule has 0 amide bonds. The zero-order valence-corrected chi connectivity index (χ0v) is 11.7. The van der Waals surface area contributed by atoms with E-state index in [0.29, 0.717) is 5.78 Å². The normalized spacial score (nSPS) is 18.6. The first-order valence-electron chi connectivity index (χ1n) is 6.92. The van der Waals surface area contributed by atoms with Crippen LogP contribution >= 0.6 is 0 Å². The second-order valence-electron chi connectivity index (χ2n) is 5.46. The SMILES string of the molecule is CCC1(C(=O)c2cccc(C)c2C)CCNCC1. The molecule has 2 rings (SSSR count). The number of Topliss-reactive ketones (excluding diaryl/α,β-unsaturated/α-hetero) is 1. The molecular weight excluding hydrogens is 222 g/mol. The summed E-state index contributed by atoms with van der Waals surface area (Å²) in [5.41, 5.74) is 3.15. The van der Waals surface area contributed by atoms with Crippen LogP contribution in [0.25, 0.3) is 0 Å². The van der Waals surface area contributed by atoms with Gasteiger partial charge in [0.05, 0.1) is 0 Å². The van der Waals surface area contributed by atoms with Crippen LogP contribution in [0, 0.1) is 19.3 Å². The van der Waals surface area contributed by atoms with Crippen molar-refractivity contribution in [2.75, 3.05) is 13.1 Å². The lowest BCUT2D eigenvalue weighted by Crippen LogP contribution is -2.42. The van der Waals surface area contributed by atoms with E-state index < -0.39 is 0 Å². The van der Waals surface area contributed by atoms with Crippen molar-refractivity contribution in [1.82, 2.24) is 5.32 Å². The maximum absolute atomic E-state index is 12.9. The number of hydrogen-bond donors (Lipinski definition) is 1. The van der Waals surface area contributed by atoms with E-state index in [9.17, 15) is 4.79 Å². The Hall–Kier alpha value is -1.15. The Morgan fingerprint density at radius 2 is 1.94 bits per heavy atom. The highest BCUT2D eigenvalue weighted by atomic mass is 16.1. The van der Waals surface area contributed by atoms with Crippen molar-refractivity contribution in [2.24, 2.45) is 5.41 Å². The lowest BCUT2D eigenvalue weighted by Gasteiger charge is -2.36. The molecule has 1 N–H and O–H groups in total. The average Bonchev–Trinajstić information content (AvgIpc) is 2.42. The largest absolute Gasteiger partial charge is 0.317 e. The standard InChI is InChI=1S/C16H23NO/c1-4-16(8-10-17-11-9-16)15(18)14-7-5-6-12(2)13(14)3/h5-7,17H,4,8-11H2,1-3H3. The summed E-state index contributed by atoms with van der Waals surface area (Å²) in [6.45, 7) is 8.21. The first-order chi connectivity index (χ1) is 8.60. The second-order valence-corrected chi connectivity index (χ2v) is 5.46. The molecule has 1 aliphatic heterocycles. The van der Waals surface area contributed by atoms with Crippen molar-refractivity contribution in [3.63, 3.8) is 0 Å². The number of rotatable bonds is 3. The Kier molecular flexibility index (Phi) is 3.86. The van der Waals surface area contributed by atoms with Crippen LogP contribution in [-0.4, -0.2) is 18.9 Å². The molecule has 1 aromatic rings. The van der Waals surface area contributed by atoms with Gasteiger partial charge in [0, 0.05) is 11.0 Å². The third-order valence-corrected chi connectivity index (χ3v) is 4.57. The second kappa shape index (κ2) is 5.23. The highest BCUT2D eigenvalue weighted by Gasteiger charge is 2.38. The summed E-state index contributed by atoms with van der Waals surface area (Å²) in [7, 11) is 0. The quantitative estimate of drug-likeness (QED) is 0.828. The van der Waals surface area contributed by atoms with Crippen LogP contribution in [-0.2, 0) is 0 Å². The first-order valence-corrected chi connectivity index (χ1v) is 6.92. The molecule has 1 aromatic carbocycles. The van der Waals surface area contributed by atoms with Gasteiger partial charge in [0.25, 0.3) is 0 Å². The molecule has 0 unspecified atom stereocenters. The minimum atomic E-state index is -0.135. The van der Waals surface area contributed by atoms with Crippen LogP contribution in [0.3, 0.4) is 0 Å². The van der Waals surface area contributed by atoms with Gasteiger partial charge >= 0.3 is 0 Å². The number of piperidine rings is 1. The van der Waals surface area contributed by atoms with Crippen molar-refractivity contribution < 1.29 is 4.79 Å². The molecule has 1 heterocycles. The van der Waals surface area contributed by atoms with E-state index in [1.807, 2.05) is 12.1 Å². The number of nitrogens with one attached hydrogen (secondary N) is 1. The van der Waals surface area contributed by atoms with E-state index in [4.69, 9.17) is 0 Å². The minimum Gasteiger partial charge on any atom is -0.317 e. The monoisotopic (exact) mass is 245 g/mol. The zero-order valence-electron chi connectivity index (χ0n) is 11.7. The molecule has 0 radical (unpaired) electrons. The number of hydrogen-bond acceptors (Lipinski definition) is 2. The molecule has 2 nitrogen and oxygen atoms in total. The third kappa shape index (κ3) is 2.22. The summed E-state index contributed by atoms with van der Waals surface area (Å²) in [5.74, 6) is 0.354. The van der Waals surface area contributed by atoms with Crippen LogP contribution in [0.4, 0.5) is 0 Å². The molecule has 1 fully saturated rings. The molecule has 0 saturated carbocycles.